The topological polar surface area (TPSA) is 59.5 Å². The third-order valence-corrected chi connectivity index (χ3v) is 6.79. The van der Waals surface area contributed by atoms with E-state index in [1.54, 1.807) is 0 Å². The molecule has 2 aromatic carbocycles. The molecule has 0 spiro atoms. The Hall–Kier alpha value is -2.40. The van der Waals surface area contributed by atoms with Crippen LogP contribution in [0.5, 0.6) is 0 Å². The minimum atomic E-state index is 0.146. The van der Waals surface area contributed by atoms with E-state index in [9.17, 15) is 10.2 Å². The van der Waals surface area contributed by atoms with Gasteiger partial charge in [0.1, 0.15) is 0 Å². The van der Waals surface area contributed by atoms with Crippen molar-refractivity contribution in [3.8, 4) is 11.1 Å². The molecule has 1 aliphatic carbocycles. The zero-order valence-electron chi connectivity index (χ0n) is 17.3. The van der Waals surface area contributed by atoms with Gasteiger partial charge in [0.25, 0.3) is 0 Å². The van der Waals surface area contributed by atoms with Crippen molar-refractivity contribution in [3.63, 3.8) is 0 Å². The number of likely N-dealkylation sites (tertiary alicyclic amines) is 1. The maximum absolute atomic E-state index is 9.53. The first-order valence-electron chi connectivity index (χ1n) is 11.1. The summed E-state index contributed by atoms with van der Waals surface area (Å²) in [4.78, 5) is 5.70. The first kappa shape index (κ1) is 19.6. The summed E-state index contributed by atoms with van der Waals surface area (Å²) in [5, 5.41) is 20.3. The molecule has 2 atom stereocenters. The second-order valence-electron chi connectivity index (χ2n) is 8.73. The fourth-order valence-corrected chi connectivity index (χ4v) is 5.02. The van der Waals surface area contributed by atoms with Crippen LogP contribution >= 0.6 is 0 Å². The molecule has 4 heteroatoms. The van der Waals surface area contributed by atoms with Crippen molar-refractivity contribution in [2.45, 2.75) is 50.7 Å². The summed E-state index contributed by atoms with van der Waals surface area (Å²) in [6.45, 7) is 1.02. The van der Waals surface area contributed by atoms with Crippen LogP contribution in [0.2, 0.25) is 0 Å². The SMILES string of the molecule is OC[C@H]1C[C@H](CO)N1Cc1cc2cc(-c3cccc(C4=CCCCC4)c3)ccc2[nH]1. The maximum atomic E-state index is 9.53. The summed E-state index contributed by atoms with van der Waals surface area (Å²) in [6, 6.07) is 18.0. The summed E-state index contributed by atoms with van der Waals surface area (Å²) < 4.78 is 0. The molecule has 1 aliphatic heterocycles. The molecular weight excluding hydrogens is 372 g/mol. The molecule has 0 amide bonds. The Morgan fingerprint density at radius 3 is 2.47 bits per heavy atom. The van der Waals surface area contributed by atoms with Crippen LogP contribution in [-0.2, 0) is 6.54 Å². The van der Waals surface area contributed by atoms with Crippen LogP contribution in [-0.4, -0.2) is 45.4 Å². The van der Waals surface area contributed by atoms with E-state index in [-0.39, 0.29) is 25.3 Å². The van der Waals surface area contributed by atoms with Gasteiger partial charge in [-0.15, -0.1) is 0 Å². The number of fused-ring (bicyclic) bond motifs is 1. The largest absolute Gasteiger partial charge is 0.395 e. The lowest BCUT2D eigenvalue weighted by molar-refractivity contribution is -0.0481. The van der Waals surface area contributed by atoms with E-state index in [2.05, 4.69) is 64.5 Å². The van der Waals surface area contributed by atoms with E-state index in [1.165, 1.54) is 53.3 Å². The molecule has 0 radical (unpaired) electrons. The van der Waals surface area contributed by atoms with Crippen molar-refractivity contribution in [2.24, 2.45) is 0 Å². The molecule has 0 unspecified atom stereocenters. The van der Waals surface area contributed by atoms with Gasteiger partial charge in [0, 0.05) is 35.2 Å². The lowest BCUT2D eigenvalue weighted by Crippen LogP contribution is -2.58. The average Bonchev–Trinajstić information content (AvgIpc) is 3.20. The van der Waals surface area contributed by atoms with Crippen LogP contribution in [0.25, 0.3) is 27.6 Å². The number of hydrogen-bond acceptors (Lipinski definition) is 3. The molecule has 0 saturated carbocycles. The summed E-state index contributed by atoms with van der Waals surface area (Å²) >= 11 is 0. The van der Waals surface area contributed by atoms with Gasteiger partial charge in [-0.05, 0) is 78.6 Å². The monoisotopic (exact) mass is 402 g/mol. The van der Waals surface area contributed by atoms with Crippen molar-refractivity contribution >= 4 is 16.5 Å². The van der Waals surface area contributed by atoms with E-state index in [0.29, 0.717) is 0 Å². The number of aromatic nitrogens is 1. The molecule has 1 saturated heterocycles. The van der Waals surface area contributed by atoms with Gasteiger partial charge < -0.3 is 15.2 Å². The number of H-pyrrole nitrogens is 1. The van der Waals surface area contributed by atoms with Gasteiger partial charge in [-0.3, -0.25) is 4.90 Å². The van der Waals surface area contributed by atoms with Crippen molar-refractivity contribution in [2.75, 3.05) is 13.2 Å². The Morgan fingerprint density at radius 2 is 1.70 bits per heavy atom. The maximum Gasteiger partial charge on any atom is 0.0587 e. The molecule has 3 aromatic rings. The molecule has 1 aromatic heterocycles. The molecule has 4 nitrogen and oxygen atoms in total. The number of aromatic amines is 1. The molecule has 2 heterocycles. The lowest BCUT2D eigenvalue weighted by atomic mass is 9.91. The second kappa shape index (κ2) is 8.38. The molecule has 1 fully saturated rings. The Kier molecular flexibility index (Phi) is 5.47. The Balaban J connectivity index is 1.40. The zero-order valence-corrected chi connectivity index (χ0v) is 17.3. The van der Waals surface area contributed by atoms with E-state index in [4.69, 9.17) is 0 Å². The van der Waals surface area contributed by atoms with Gasteiger partial charge in [0.05, 0.1) is 13.2 Å². The minimum absolute atomic E-state index is 0.146. The Morgan fingerprint density at radius 1 is 0.900 bits per heavy atom. The fourth-order valence-electron chi connectivity index (χ4n) is 5.02. The highest BCUT2D eigenvalue weighted by molar-refractivity contribution is 5.86. The van der Waals surface area contributed by atoms with Gasteiger partial charge >= 0.3 is 0 Å². The number of allylic oxidation sites excluding steroid dienone is 2. The van der Waals surface area contributed by atoms with Gasteiger partial charge in [0.15, 0.2) is 0 Å². The standard InChI is InChI=1S/C26H30N2O2/c29-16-24-14-25(17-30)28(24)15-23-13-22-12-21(9-10-26(22)27-23)20-8-4-7-19(11-20)18-5-2-1-3-6-18/h4-5,7-13,24-25,27,29-30H,1-3,6,14-17H2/t24-,25-/m1/s1. The van der Waals surface area contributed by atoms with Crippen LogP contribution in [0, 0.1) is 0 Å². The zero-order chi connectivity index (χ0) is 20.5. The van der Waals surface area contributed by atoms with Gasteiger partial charge in [-0.25, -0.2) is 0 Å². The van der Waals surface area contributed by atoms with Gasteiger partial charge in [0.2, 0.25) is 0 Å². The predicted octanol–water partition coefficient (Wildman–Crippen LogP) is 4.72. The quantitative estimate of drug-likeness (QED) is 0.559. The number of nitrogens with zero attached hydrogens (tertiary/aromatic N) is 1. The van der Waals surface area contributed by atoms with Crippen molar-refractivity contribution < 1.29 is 10.2 Å². The molecule has 0 bridgehead atoms. The summed E-state index contributed by atoms with van der Waals surface area (Å²) in [6.07, 6.45) is 8.25. The number of rotatable bonds is 6. The highest BCUT2D eigenvalue weighted by Crippen LogP contribution is 2.32. The smallest absolute Gasteiger partial charge is 0.0587 e. The van der Waals surface area contributed by atoms with Crippen LogP contribution < -0.4 is 0 Å². The van der Waals surface area contributed by atoms with Crippen LogP contribution in [0.1, 0.15) is 43.4 Å². The fraction of sp³-hybridized carbons (Fsp3) is 0.385. The van der Waals surface area contributed by atoms with E-state index in [1.807, 2.05) is 0 Å². The van der Waals surface area contributed by atoms with Crippen LogP contribution in [0.15, 0.2) is 54.6 Å². The lowest BCUT2D eigenvalue weighted by Gasteiger charge is -2.47. The predicted molar refractivity (Wildman–Crippen MR) is 122 cm³/mol. The summed E-state index contributed by atoms with van der Waals surface area (Å²) in [5.74, 6) is 0. The van der Waals surface area contributed by atoms with Crippen molar-refractivity contribution in [1.29, 1.82) is 0 Å². The molecule has 30 heavy (non-hydrogen) atoms. The minimum Gasteiger partial charge on any atom is -0.395 e. The summed E-state index contributed by atoms with van der Waals surface area (Å²) in [5.41, 5.74) is 7.58. The number of hydrogen-bond donors (Lipinski definition) is 3. The molecular formula is C26H30N2O2. The van der Waals surface area contributed by atoms with Crippen LogP contribution in [0.4, 0.5) is 0 Å². The summed E-state index contributed by atoms with van der Waals surface area (Å²) in [7, 11) is 0. The van der Waals surface area contributed by atoms with Crippen molar-refractivity contribution in [1.82, 2.24) is 9.88 Å². The number of benzene rings is 2. The number of aliphatic hydroxyl groups excluding tert-OH is 2. The van der Waals surface area contributed by atoms with Gasteiger partial charge in [-0.1, -0.05) is 30.3 Å². The van der Waals surface area contributed by atoms with E-state index >= 15 is 0 Å². The van der Waals surface area contributed by atoms with Crippen molar-refractivity contribution in [3.05, 3.63) is 65.9 Å². The second-order valence-corrected chi connectivity index (χ2v) is 8.73. The van der Waals surface area contributed by atoms with Crippen LogP contribution in [0.3, 0.4) is 0 Å². The molecule has 2 aliphatic rings. The van der Waals surface area contributed by atoms with E-state index < -0.39 is 0 Å². The number of nitrogens with one attached hydrogen (secondary N) is 1. The first-order valence-corrected chi connectivity index (χ1v) is 11.1. The molecule has 5 rings (SSSR count). The first-order chi connectivity index (χ1) is 14.7. The average molecular weight is 403 g/mol. The third-order valence-electron chi connectivity index (χ3n) is 6.79. The normalized spacial score (nSPS) is 22.1. The Labute approximate surface area is 177 Å². The highest BCUT2D eigenvalue weighted by Gasteiger charge is 2.37. The molecule has 3 N–H and O–H groups in total. The molecule has 156 valence electrons. The van der Waals surface area contributed by atoms with E-state index in [0.717, 1.165) is 24.2 Å². The highest BCUT2D eigenvalue weighted by atomic mass is 16.3. The van der Waals surface area contributed by atoms with Gasteiger partial charge in [-0.2, -0.15) is 0 Å². The number of aliphatic hydroxyl groups is 2. The Bertz CT molecular complexity index is 1060. The third kappa shape index (κ3) is 3.71.